The lowest BCUT2D eigenvalue weighted by molar-refractivity contribution is 0.506. The van der Waals surface area contributed by atoms with Crippen molar-refractivity contribution in [2.45, 2.75) is 13.5 Å². The fourth-order valence-corrected chi connectivity index (χ4v) is 2.28. The lowest BCUT2D eigenvalue weighted by atomic mass is 10.2. The summed E-state index contributed by atoms with van der Waals surface area (Å²) in [6, 6.07) is 5.32. The van der Waals surface area contributed by atoms with Crippen LogP contribution >= 0.6 is 15.9 Å². The molecule has 2 nitrogen and oxygen atoms in total. The molecule has 0 atom stereocenters. The molecule has 2 aromatic rings. The Morgan fingerprint density at radius 1 is 1.22 bits per heavy atom. The summed E-state index contributed by atoms with van der Waals surface area (Å²) in [5, 5.41) is 0. The first-order chi connectivity index (χ1) is 8.47. The van der Waals surface area contributed by atoms with Crippen molar-refractivity contribution in [1.82, 2.24) is 4.57 Å². The Hall–Kier alpha value is -1.49. The fraction of sp³-hybridized carbons (Fsp3) is 0.154. The molecule has 0 saturated heterocycles. The number of hydrogen-bond donors (Lipinski definition) is 0. The SMILES string of the molecule is Cc1cc(Br)cn(Cc2ccc(F)c(F)c2)c1=O. The predicted molar refractivity (Wildman–Crippen MR) is 68.6 cm³/mol. The minimum atomic E-state index is -0.910. The highest BCUT2D eigenvalue weighted by Crippen LogP contribution is 2.12. The van der Waals surface area contributed by atoms with E-state index in [1.807, 2.05) is 0 Å². The molecular weight excluding hydrogens is 304 g/mol. The van der Waals surface area contributed by atoms with Crippen molar-refractivity contribution in [1.29, 1.82) is 0 Å². The first-order valence-corrected chi connectivity index (χ1v) is 6.07. The molecule has 0 aliphatic rings. The zero-order chi connectivity index (χ0) is 13.3. The molecule has 0 radical (unpaired) electrons. The largest absolute Gasteiger partial charge is 0.310 e. The summed E-state index contributed by atoms with van der Waals surface area (Å²) < 4.78 is 28.1. The average Bonchev–Trinajstić information content (AvgIpc) is 2.30. The Bertz CT molecular complexity index is 652. The Morgan fingerprint density at radius 2 is 1.94 bits per heavy atom. The quantitative estimate of drug-likeness (QED) is 0.834. The van der Waals surface area contributed by atoms with Crippen molar-refractivity contribution in [2.24, 2.45) is 0 Å². The van der Waals surface area contributed by atoms with E-state index in [1.165, 1.54) is 10.6 Å². The number of aromatic nitrogens is 1. The Kier molecular flexibility index (Phi) is 3.61. The van der Waals surface area contributed by atoms with Gasteiger partial charge in [0, 0.05) is 16.2 Å². The van der Waals surface area contributed by atoms with E-state index in [1.54, 1.807) is 19.2 Å². The van der Waals surface area contributed by atoms with Crippen LogP contribution in [0.3, 0.4) is 0 Å². The van der Waals surface area contributed by atoms with Crippen LogP contribution in [0.15, 0.2) is 39.7 Å². The molecule has 0 bridgehead atoms. The lowest BCUT2D eigenvalue weighted by Crippen LogP contribution is -2.22. The molecule has 0 aliphatic carbocycles. The van der Waals surface area contributed by atoms with Gasteiger partial charge >= 0.3 is 0 Å². The maximum Gasteiger partial charge on any atom is 0.253 e. The first-order valence-electron chi connectivity index (χ1n) is 5.28. The van der Waals surface area contributed by atoms with Gasteiger partial charge in [-0.15, -0.1) is 0 Å². The summed E-state index contributed by atoms with van der Waals surface area (Å²) in [6.45, 7) is 1.91. The van der Waals surface area contributed by atoms with Crippen molar-refractivity contribution < 1.29 is 8.78 Å². The van der Waals surface area contributed by atoms with E-state index in [0.29, 0.717) is 11.1 Å². The van der Waals surface area contributed by atoms with Gasteiger partial charge in [0.1, 0.15) is 0 Å². The van der Waals surface area contributed by atoms with Crippen LogP contribution in [0.4, 0.5) is 8.78 Å². The minimum Gasteiger partial charge on any atom is -0.310 e. The molecule has 18 heavy (non-hydrogen) atoms. The van der Waals surface area contributed by atoms with Gasteiger partial charge in [0.25, 0.3) is 5.56 Å². The predicted octanol–water partition coefficient (Wildman–Crippen LogP) is 3.25. The van der Waals surface area contributed by atoms with Gasteiger partial charge in [-0.3, -0.25) is 4.79 Å². The summed E-state index contributed by atoms with van der Waals surface area (Å²) in [6.07, 6.45) is 1.62. The molecule has 1 heterocycles. The summed E-state index contributed by atoms with van der Waals surface area (Å²) in [5.74, 6) is -1.80. The standard InChI is InChI=1S/C13H10BrF2NO/c1-8-4-10(14)7-17(13(8)18)6-9-2-3-11(15)12(16)5-9/h2-5,7H,6H2,1H3. The fourth-order valence-electron chi connectivity index (χ4n) is 1.69. The third-order valence-corrected chi connectivity index (χ3v) is 3.00. The molecule has 0 aliphatic heterocycles. The van der Waals surface area contributed by atoms with Gasteiger partial charge in [-0.2, -0.15) is 0 Å². The summed E-state index contributed by atoms with van der Waals surface area (Å²) >= 11 is 3.29. The Labute approximate surface area is 111 Å². The average molecular weight is 314 g/mol. The number of nitrogens with zero attached hydrogens (tertiary/aromatic N) is 1. The number of halogens is 3. The molecule has 0 N–H and O–H groups in total. The summed E-state index contributed by atoms with van der Waals surface area (Å²) in [4.78, 5) is 11.9. The lowest BCUT2D eigenvalue weighted by Gasteiger charge is -2.08. The number of pyridine rings is 1. The summed E-state index contributed by atoms with van der Waals surface area (Å²) in [5.41, 5.74) is 0.975. The van der Waals surface area contributed by atoms with E-state index in [2.05, 4.69) is 15.9 Å². The van der Waals surface area contributed by atoms with Gasteiger partial charge in [0.05, 0.1) is 6.54 Å². The normalized spacial score (nSPS) is 10.7. The maximum atomic E-state index is 13.1. The third kappa shape index (κ3) is 2.67. The monoisotopic (exact) mass is 313 g/mol. The van der Waals surface area contributed by atoms with Crippen molar-refractivity contribution in [3.8, 4) is 0 Å². The molecule has 94 valence electrons. The van der Waals surface area contributed by atoms with Crippen LogP contribution in [0.5, 0.6) is 0 Å². The second kappa shape index (κ2) is 5.02. The molecule has 1 aromatic carbocycles. The van der Waals surface area contributed by atoms with Crippen LogP contribution in [-0.4, -0.2) is 4.57 Å². The maximum absolute atomic E-state index is 13.1. The molecule has 1 aromatic heterocycles. The zero-order valence-corrected chi connectivity index (χ0v) is 11.2. The van der Waals surface area contributed by atoms with Crippen LogP contribution in [-0.2, 0) is 6.54 Å². The molecule has 0 fully saturated rings. The van der Waals surface area contributed by atoms with E-state index in [9.17, 15) is 13.6 Å². The smallest absolute Gasteiger partial charge is 0.253 e. The highest BCUT2D eigenvalue weighted by molar-refractivity contribution is 9.10. The molecular formula is C13H10BrF2NO. The van der Waals surface area contributed by atoms with Gasteiger partial charge in [0.15, 0.2) is 11.6 Å². The van der Waals surface area contributed by atoms with Gasteiger partial charge in [-0.25, -0.2) is 8.78 Å². The van der Waals surface area contributed by atoms with Crippen molar-refractivity contribution in [2.75, 3.05) is 0 Å². The van der Waals surface area contributed by atoms with Crippen LogP contribution < -0.4 is 5.56 Å². The van der Waals surface area contributed by atoms with Gasteiger partial charge in [-0.1, -0.05) is 6.07 Å². The number of rotatable bonds is 2. The van der Waals surface area contributed by atoms with Crippen molar-refractivity contribution in [3.63, 3.8) is 0 Å². The zero-order valence-electron chi connectivity index (χ0n) is 9.58. The van der Waals surface area contributed by atoms with E-state index >= 15 is 0 Å². The number of hydrogen-bond acceptors (Lipinski definition) is 1. The Balaban J connectivity index is 2.40. The first kappa shape index (κ1) is 13.0. The Morgan fingerprint density at radius 3 is 2.61 bits per heavy atom. The number of aryl methyl sites for hydroxylation is 1. The highest BCUT2D eigenvalue weighted by Gasteiger charge is 2.06. The van der Waals surface area contributed by atoms with Crippen LogP contribution in [0.25, 0.3) is 0 Å². The van der Waals surface area contributed by atoms with E-state index < -0.39 is 11.6 Å². The van der Waals surface area contributed by atoms with Crippen LogP contribution in [0.2, 0.25) is 0 Å². The molecule has 0 saturated carbocycles. The molecule has 5 heteroatoms. The van der Waals surface area contributed by atoms with Crippen molar-refractivity contribution in [3.05, 3.63) is 68.1 Å². The second-order valence-electron chi connectivity index (χ2n) is 4.02. The summed E-state index contributed by atoms with van der Waals surface area (Å²) in [7, 11) is 0. The number of benzene rings is 1. The minimum absolute atomic E-state index is 0.150. The van der Waals surface area contributed by atoms with E-state index in [4.69, 9.17) is 0 Å². The molecule has 0 amide bonds. The second-order valence-corrected chi connectivity index (χ2v) is 4.94. The van der Waals surface area contributed by atoms with Gasteiger partial charge < -0.3 is 4.57 Å². The van der Waals surface area contributed by atoms with Crippen LogP contribution in [0.1, 0.15) is 11.1 Å². The van der Waals surface area contributed by atoms with Crippen molar-refractivity contribution >= 4 is 15.9 Å². The third-order valence-electron chi connectivity index (χ3n) is 2.57. The molecule has 0 unspecified atom stereocenters. The van der Waals surface area contributed by atoms with Gasteiger partial charge in [0.2, 0.25) is 0 Å². The highest BCUT2D eigenvalue weighted by atomic mass is 79.9. The topological polar surface area (TPSA) is 22.0 Å². The molecule has 2 rings (SSSR count). The van der Waals surface area contributed by atoms with Crippen LogP contribution in [0, 0.1) is 18.6 Å². The molecule has 0 spiro atoms. The van der Waals surface area contributed by atoms with Gasteiger partial charge in [-0.05, 0) is 46.6 Å². The van der Waals surface area contributed by atoms with E-state index in [0.717, 1.165) is 16.6 Å². The van der Waals surface area contributed by atoms with E-state index in [-0.39, 0.29) is 12.1 Å².